The van der Waals surface area contributed by atoms with Crippen molar-refractivity contribution in [3.8, 4) is 0 Å². The van der Waals surface area contributed by atoms with Gasteiger partial charge in [-0.3, -0.25) is 4.55 Å². The van der Waals surface area contributed by atoms with Gasteiger partial charge in [0.05, 0.1) is 4.90 Å². The molecular formula is C25H22O3SSi. The van der Waals surface area contributed by atoms with Gasteiger partial charge in [0.15, 0.2) is 8.07 Å². The van der Waals surface area contributed by atoms with E-state index in [1.807, 2.05) is 18.2 Å². The average molecular weight is 431 g/mol. The van der Waals surface area contributed by atoms with E-state index in [0.717, 1.165) is 11.6 Å². The molecular weight excluding hydrogens is 408 g/mol. The Labute approximate surface area is 178 Å². The van der Waals surface area contributed by atoms with E-state index in [1.165, 1.54) is 27.7 Å². The van der Waals surface area contributed by atoms with Gasteiger partial charge in [0.2, 0.25) is 0 Å². The van der Waals surface area contributed by atoms with Crippen molar-refractivity contribution in [1.29, 1.82) is 0 Å². The van der Waals surface area contributed by atoms with E-state index in [9.17, 15) is 13.0 Å². The van der Waals surface area contributed by atoms with Crippen LogP contribution in [-0.2, 0) is 16.2 Å². The number of hydrogen-bond acceptors (Lipinski definition) is 2. The van der Waals surface area contributed by atoms with Crippen molar-refractivity contribution in [3.05, 3.63) is 121 Å². The van der Waals surface area contributed by atoms with E-state index >= 15 is 0 Å². The predicted molar refractivity (Wildman–Crippen MR) is 124 cm³/mol. The minimum atomic E-state index is -4.21. The lowest BCUT2D eigenvalue weighted by Crippen LogP contribution is -2.68. The van der Waals surface area contributed by atoms with Crippen molar-refractivity contribution in [3.63, 3.8) is 0 Å². The highest BCUT2D eigenvalue weighted by Gasteiger charge is 2.39. The Bertz CT molecular complexity index is 1110. The molecule has 0 aliphatic carbocycles. The van der Waals surface area contributed by atoms with Crippen LogP contribution in [0.15, 0.2) is 120 Å². The summed E-state index contributed by atoms with van der Waals surface area (Å²) < 4.78 is 32.2. The van der Waals surface area contributed by atoms with Crippen LogP contribution in [-0.4, -0.2) is 21.0 Å². The van der Waals surface area contributed by atoms with Gasteiger partial charge in [-0.25, -0.2) is 0 Å². The van der Waals surface area contributed by atoms with Gasteiger partial charge in [-0.1, -0.05) is 103 Å². The molecule has 0 spiro atoms. The van der Waals surface area contributed by atoms with Gasteiger partial charge in [0, 0.05) is 0 Å². The van der Waals surface area contributed by atoms with Crippen molar-refractivity contribution in [2.75, 3.05) is 0 Å². The molecule has 5 heteroatoms. The first kappa shape index (κ1) is 20.3. The fraction of sp³-hybridized carbons (Fsp3) is 0.0400. The van der Waals surface area contributed by atoms with Gasteiger partial charge in [-0.2, -0.15) is 8.42 Å². The molecule has 4 aromatic rings. The van der Waals surface area contributed by atoms with Crippen molar-refractivity contribution in [1.82, 2.24) is 0 Å². The van der Waals surface area contributed by atoms with E-state index in [4.69, 9.17) is 0 Å². The molecule has 0 amide bonds. The zero-order valence-electron chi connectivity index (χ0n) is 16.3. The van der Waals surface area contributed by atoms with Crippen LogP contribution < -0.4 is 15.6 Å². The second-order valence-corrected chi connectivity index (χ2v) is 12.6. The first-order valence-corrected chi connectivity index (χ1v) is 13.4. The highest BCUT2D eigenvalue weighted by atomic mass is 32.2. The zero-order valence-corrected chi connectivity index (χ0v) is 18.2. The lowest BCUT2D eigenvalue weighted by molar-refractivity contribution is 0.483. The molecule has 0 unspecified atom stereocenters. The SMILES string of the molecule is O=S(=O)(O)c1ccc(C[Si](c2ccccc2)(c2ccccc2)c2ccccc2)cc1. The summed E-state index contributed by atoms with van der Waals surface area (Å²) >= 11 is 0. The molecule has 4 aromatic carbocycles. The monoisotopic (exact) mass is 430 g/mol. The topological polar surface area (TPSA) is 54.4 Å². The fourth-order valence-electron chi connectivity index (χ4n) is 4.06. The van der Waals surface area contributed by atoms with Crippen molar-refractivity contribution in [2.45, 2.75) is 10.9 Å². The lowest BCUT2D eigenvalue weighted by atomic mass is 10.2. The van der Waals surface area contributed by atoms with Crippen LogP contribution in [0.1, 0.15) is 5.56 Å². The van der Waals surface area contributed by atoms with Gasteiger partial charge in [-0.15, -0.1) is 0 Å². The zero-order chi connectivity index (χ0) is 21.0. The normalized spacial score (nSPS) is 11.9. The Morgan fingerprint density at radius 3 is 1.27 bits per heavy atom. The highest BCUT2D eigenvalue weighted by Crippen LogP contribution is 2.17. The van der Waals surface area contributed by atoms with Gasteiger partial charge < -0.3 is 0 Å². The molecule has 3 nitrogen and oxygen atoms in total. The Morgan fingerprint density at radius 1 is 0.567 bits per heavy atom. The van der Waals surface area contributed by atoms with Crippen molar-refractivity contribution < 1.29 is 13.0 Å². The third kappa shape index (κ3) is 4.00. The van der Waals surface area contributed by atoms with Gasteiger partial charge in [0.1, 0.15) is 0 Å². The fourth-order valence-corrected chi connectivity index (χ4v) is 9.28. The summed E-state index contributed by atoms with van der Waals surface area (Å²) in [4.78, 5) is -0.0855. The van der Waals surface area contributed by atoms with E-state index < -0.39 is 18.2 Å². The molecule has 0 heterocycles. The maximum absolute atomic E-state index is 11.5. The minimum absolute atomic E-state index is 0.0855. The average Bonchev–Trinajstić information content (AvgIpc) is 2.79. The molecule has 0 fully saturated rings. The summed E-state index contributed by atoms with van der Waals surface area (Å²) in [5.41, 5.74) is 1.03. The van der Waals surface area contributed by atoms with E-state index in [2.05, 4.69) is 72.8 Å². The summed E-state index contributed by atoms with van der Waals surface area (Å²) in [6.07, 6.45) is 0. The molecule has 1 N–H and O–H groups in total. The van der Waals surface area contributed by atoms with Crippen LogP contribution in [0.2, 0.25) is 0 Å². The molecule has 0 bridgehead atoms. The smallest absolute Gasteiger partial charge is 0.282 e. The van der Waals surface area contributed by atoms with E-state index in [-0.39, 0.29) is 4.90 Å². The van der Waals surface area contributed by atoms with Crippen LogP contribution in [0.25, 0.3) is 0 Å². The van der Waals surface area contributed by atoms with Crippen molar-refractivity contribution in [2.24, 2.45) is 0 Å². The van der Waals surface area contributed by atoms with Gasteiger partial charge in [-0.05, 0) is 39.3 Å². The first-order chi connectivity index (χ1) is 14.5. The Kier molecular flexibility index (Phi) is 5.68. The maximum atomic E-state index is 11.5. The predicted octanol–water partition coefficient (Wildman–Crippen LogP) is 3.19. The van der Waals surface area contributed by atoms with Crippen LogP contribution in [0.3, 0.4) is 0 Å². The van der Waals surface area contributed by atoms with Crippen molar-refractivity contribution >= 4 is 33.8 Å². The minimum Gasteiger partial charge on any atom is -0.282 e. The summed E-state index contributed by atoms with van der Waals surface area (Å²) in [5, 5.41) is 3.88. The Balaban J connectivity index is 1.93. The largest absolute Gasteiger partial charge is 0.294 e. The van der Waals surface area contributed by atoms with Crippen LogP contribution in [0.4, 0.5) is 0 Å². The van der Waals surface area contributed by atoms with E-state index in [0.29, 0.717) is 0 Å². The molecule has 0 aliphatic heterocycles. The van der Waals surface area contributed by atoms with Crippen LogP contribution >= 0.6 is 0 Å². The molecule has 0 saturated carbocycles. The van der Waals surface area contributed by atoms with Gasteiger partial charge in [0.25, 0.3) is 10.1 Å². The standard InChI is InChI=1S/C25H22O3SSi/c26-29(27,28)22-18-16-21(17-19-22)20-30(23-10-4-1-5-11-23,24-12-6-2-7-13-24)25-14-8-3-9-15-25/h1-19H,20H2,(H,26,27,28). The second kappa shape index (κ2) is 8.40. The number of benzene rings is 4. The molecule has 30 heavy (non-hydrogen) atoms. The molecule has 150 valence electrons. The maximum Gasteiger partial charge on any atom is 0.294 e. The highest BCUT2D eigenvalue weighted by molar-refractivity contribution is 7.85. The third-order valence-corrected chi connectivity index (χ3v) is 11.3. The van der Waals surface area contributed by atoms with Crippen LogP contribution in [0, 0.1) is 0 Å². The van der Waals surface area contributed by atoms with E-state index in [1.54, 1.807) is 12.1 Å². The number of rotatable bonds is 6. The molecule has 0 aliphatic rings. The molecule has 0 atom stereocenters. The Morgan fingerprint density at radius 2 is 0.933 bits per heavy atom. The number of hydrogen-bond donors (Lipinski definition) is 1. The Hall–Kier alpha value is -2.99. The second-order valence-electron chi connectivity index (χ2n) is 7.30. The molecule has 0 aromatic heterocycles. The first-order valence-electron chi connectivity index (χ1n) is 9.73. The summed E-state index contributed by atoms with van der Waals surface area (Å²) in [6, 6.07) is 39.0. The van der Waals surface area contributed by atoms with Crippen LogP contribution in [0.5, 0.6) is 0 Å². The molecule has 4 rings (SSSR count). The molecule has 0 saturated heterocycles. The lowest BCUT2D eigenvalue weighted by Gasteiger charge is -2.34. The summed E-state index contributed by atoms with van der Waals surface area (Å²) in [5.74, 6) is 0. The van der Waals surface area contributed by atoms with Gasteiger partial charge >= 0.3 is 0 Å². The third-order valence-electron chi connectivity index (χ3n) is 5.49. The summed E-state index contributed by atoms with van der Waals surface area (Å²) in [7, 11) is -6.65. The molecule has 0 radical (unpaired) electrons. The summed E-state index contributed by atoms with van der Waals surface area (Å²) in [6.45, 7) is 0. The quantitative estimate of drug-likeness (QED) is 0.290.